The molecule has 0 unspecified atom stereocenters. The molecule has 0 saturated carbocycles. The van der Waals surface area contributed by atoms with E-state index in [1.807, 2.05) is 18.2 Å². The quantitative estimate of drug-likeness (QED) is 0.778. The summed E-state index contributed by atoms with van der Waals surface area (Å²) in [5.41, 5.74) is 6.42. The standard InChI is InChI=1S/C13H13N3O3/c1-19-9-4-2-3-8(5-9)16-12-6-10(13(17)18)11(14)7-15-12/h2-7H,14H2,1H3,(H,15,16)(H,17,18). The summed E-state index contributed by atoms with van der Waals surface area (Å²) in [6, 6.07) is 8.61. The summed E-state index contributed by atoms with van der Waals surface area (Å²) in [7, 11) is 1.57. The van der Waals surface area contributed by atoms with Crippen LogP contribution in [-0.2, 0) is 0 Å². The molecule has 0 aliphatic heterocycles. The van der Waals surface area contributed by atoms with Crippen LogP contribution < -0.4 is 15.8 Å². The number of nitrogens with two attached hydrogens (primary N) is 1. The zero-order valence-electron chi connectivity index (χ0n) is 10.3. The lowest BCUT2D eigenvalue weighted by Crippen LogP contribution is -2.05. The van der Waals surface area contributed by atoms with Crippen LogP contribution in [0.4, 0.5) is 17.2 Å². The number of benzene rings is 1. The van der Waals surface area contributed by atoms with E-state index in [0.717, 1.165) is 5.69 Å². The highest BCUT2D eigenvalue weighted by molar-refractivity contribution is 5.94. The number of pyridine rings is 1. The fourth-order valence-electron chi connectivity index (χ4n) is 1.57. The summed E-state index contributed by atoms with van der Waals surface area (Å²) >= 11 is 0. The third-order valence-electron chi connectivity index (χ3n) is 2.51. The van der Waals surface area contributed by atoms with Crippen LogP contribution in [0.3, 0.4) is 0 Å². The van der Waals surface area contributed by atoms with Crippen molar-refractivity contribution in [3.05, 3.63) is 42.1 Å². The van der Waals surface area contributed by atoms with Crippen LogP contribution >= 0.6 is 0 Å². The van der Waals surface area contributed by atoms with Crippen LogP contribution in [0, 0.1) is 0 Å². The van der Waals surface area contributed by atoms with Gasteiger partial charge in [0.1, 0.15) is 11.6 Å². The maximum atomic E-state index is 11.0. The van der Waals surface area contributed by atoms with Gasteiger partial charge in [-0.25, -0.2) is 9.78 Å². The maximum Gasteiger partial charge on any atom is 0.337 e. The fraction of sp³-hybridized carbons (Fsp3) is 0.0769. The molecule has 0 atom stereocenters. The minimum Gasteiger partial charge on any atom is -0.497 e. The van der Waals surface area contributed by atoms with Crippen LogP contribution in [-0.4, -0.2) is 23.2 Å². The van der Waals surface area contributed by atoms with Gasteiger partial charge >= 0.3 is 5.97 Å². The molecule has 0 bridgehead atoms. The van der Waals surface area contributed by atoms with Gasteiger partial charge < -0.3 is 20.9 Å². The van der Waals surface area contributed by atoms with Crippen LogP contribution in [0.15, 0.2) is 36.5 Å². The number of methoxy groups -OCH3 is 1. The van der Waals surface area contributed by atoms with Crippen LogP contribution in [0.5, 0.6) is 5.75 Å². The topological polar surface area (TPSA) is 97.5 Å². The molecule has 0 spiro atoms. The number of carboxylic acid groups (broad SMARTS) is 1. The molecule has 2 aromatic rings. The van der Waals surface area contributed by atoms with E-state index in [9.17, 15) is 4.79 Å². The summed E-state index contributed by atoms with van der Waals surface area (Å²) in [5, 5.41) is 12.0. The van der Waals surface area contributed by atoms with Crippen molar-refractivity contribution in [1.82, 2.24) is 4.98 Å². The molecular weight excluding hydrogens is 246 g/mol. The van der Waals surface area contributed by atoms with Crippen molar-refractivity contribution in [2.45, 2.75) is 0 Å². The summed E-state index contributed by atoms with van der Waals surface area (Å²) < 4.78 is 5.10. The molecule has 1 aromatic heterocycles. The largest absolute Gasteiger partial charge is 0.497 e. The van der Waals surface area contributed by atoms with E-state index >= 15 is 0 Å². The Bertz CT molecular complexity index is 614. The Morgan fingerprint density at radius 1 is 1.42 bits per heavy atom. The average Bonchev–Trinajstić information content (AvgIpc) is 2.41. The van der Waals surface area contributed by atoms with Crippen LogP contribution in [0.2, 0.25) is 0 Å². The predicted octanol–water partition coefficient (Wildman–Crippen LogP) is 2.11. The highest BCUT2D eigenvalue weighted by Crippen LogP contribution is 2.22. The maximum absolute atomic E-state index is 11.0. The molecule has 0 aliphatic carbocycles. The van der Waals surface area contributed by atoms with Gasteiger partial charge in [0.15, 0.2) is 0 Å². The molecule has 4 N–H and O–H groups in total. The second-order valence-corrected chi connectivity index (χ2v) is 3.82. The van der Waals surface area contributed by atoms with Gasteiger partial charge in [-0.05, 0) is 18.2 Å². The van der Waals surface area contributed by atoms with E-state index < -0.39 is 5.97 Å². The molecule has 0 radical (unpaired) electrons. The minimum absolute atomic E-state index is 0.0143. The smallest absolute Gasteiger partial charge is 0.337 e. The number of aromatic carboxylic acids is 1. The van der Waals surface area contributed by atoms with E-state index in [1.54, 1.807) is 13.2 Å². The zero-order chi connectivity index (χ0) is 13.8. The van der Waals surface area contributed by atoms with E-state index in [4.69, 9.17) is 15.6 Å². The first-order valence-electron chi connectivity index (χ1n) is 5.50. The number of carboxylic acids is 1. The average molecular weight is 259 g/mol. The van der Waals surface area contributed by atoms with Gasteiger partial charge in [0.25, 0.3) is 0 Å². The number of anilines is 3. The van der Waals surface area contributed by atoms with Gasteiger partial charge in [-0.3, -0.25) is 0 Å². The van der Waals surface area contributed by atoms with Crippen molar-refractivity contribution in [2.24, 2.45) is 0 Å². The first-order chi connectivity index (χ1) is 9.10. The highest BCUT2D eigenvalue weighted by Gasteiger charge is 2.09. The molecule has 0 amide bonds. The molecule has 98 valence electrons. The Kier molecular flexibility index (Phi) is 3.51. The number of carbonyl (C=O) groups is 1. The van der Waals surface area contributed by atoms with Crippen molar-refractivity contribution >= 4 is 23.2 Å². The minimum atomic E-state index is -1.09. The molecule has 1 heterocycles. The van der Waals surface area contributed by atoms with Crippen molar-refractivity contribution < 1.29 is 14.6 Å². The number of hydrogen-bond acceptors (Lipinski definition) is 5. The third-order valence-corrected chi connectivity index (χ3v) is 2.51. The second kappa shape index (κ2) is 5.26. The number of nitrogen functional groups attached to an aromatic ring is 1. The van der Waals surface area contributed by atoms with Gasteiger partial charge in [0.2, 0.25) is 0 Å². The molecule has 2 rings (SSSR count). The van der Waals surface area contributed by atoms with Gasteiger partial charge in [-0.1, -0.05) is 6.07 Å². The number of nitrogens with one attached hydrogen (secondary N) is 1. The summed E-state index contributed by atoms with van der Waals surface area (Å²) in [6.45, 7) is 0. The Balaban J connectivity index is 2.28. The van der Waals surface area contributed by atoms with Crippen molar-refractivity contribution in [3.8, 4) is 5.75 Å². The van der Waals surface area contributed by atoms with Crippen molar-refractivity contribution in [2.75, 3.05) is 18.2 Å². The van der Waals surface area contributed by atoms with Crippen LogP contribution in [0.25, 0.3) is 0 Å². The highest BCUT2D eigenvalue weighted by atomic mass is 16.5. The molecule has 0 aliphatic rings. The van der Waals surface area contributed by atoms with E-state index in [1.165, 1.54) is 12.3 Å². The summed E-state index contributed by atoms with van der Waals surface area (Å²) in [4.78, 5) is 15.0. The molecule has 19 heavy (non-hydrogen) atoms. The lowest BCUT2D eigenvalue weighted by Gasteiger charge is -2.08. The molecule has 6 nitrogen and oxygen atoms in total. The number of rotatable bonds is 4. The second-order valence-electron chi connectivity index (χ2n) is 3.82. The van der Waals surface area contributed by atoms with Gasteiger partial charge in [0, 0.05) is 11.8 Å². The number of ether oxygens (including phenoxy) is 1. The van der Waals surface area contributed by atoms with Gasteiger partial charge in [-0.15, -0.1) is 0 Å². The van der Waals surface area contributed by atoms with E-state index in [2.05, 4.69) is 10.3 Å². The molecule has 0 saturated heterocycles. The predicted molar refractivity (Wildman–Crippen MR) is 71.9 cm³/mol. The van der Waals surface area contributed by atoms with Gasteiger partial charge in [0.05, 0.1) is 24.6 Å². The summed E-state index contributed by atoms with van der Waals surface area (Å²) in [6.07, 6.45) is 1.31. The fourth-order valence-corrected chi connectivity index (χ4v) is 1.57. The number of hydrogen-bond donors (Lipinski definition) is 3. The monoisotopic (exact) mass is 259 g/mol. The summed E-state index contributed by atoms with van der Waals surface area (Å²) in [5.74, 6) is 0.00680. The SMILES string of the molecule is COc1cccc(Nc2cc(C(=O)O)c(N)cn2)c1. The Hall–Kier alpha value is -2.76. The van der Waals surface area contributed by atoms with E-state index in [-0.39, 0.29) is 11.3 Å². The first kappa shape index (κ1) is 12.7. The van der Waals surface area contributed by atoms with Gasteiger partial charge in [-0.2, -0.15) is 0 Å². The van der Waals surface area contributed by atoms with Crippen molar-refractivity contribution in [3.63, 3.8) is 0 Å². The number of aromatic nitrogens is 1. The molecule has 0 fully saturated rings. The Labute approximate surface area is 109 Å². The van der Waals surface area contributed by atoms with Crippen molar-refractivity contribution in [1.29, 1.82) is 0 Å². The van der Waals surface area contributed by atoms with Crippen LogP contribution in [0.1, 0.15) is 10.4 Å². The molecule has 1 aromatic carbocycles. The first-order valence-corrected chi connectivity index (χ1v) is 5.50. The Morgan fingerprint density at radius 3 is 2.89 bits per heavy atom. The lowest BCUT2D eigenvalue weighted by molar-refractivity contribution is 0.0698. The lowest BCUT2D eigenvalue weighted by atomic mass is 10.2. The number of nitrogens with zero attached hydrogens (tertiary/aromatic N) is 1. The third kappa shape index (κ3) is 2.92. The normalized spacial score (nSPS) is 9.95. The van der Waals surface area contributed by atoms with E-state index in [0.29, 0.717) is 11.6 Å². The molecular formula is C13H13N3O3. The molecule has 6 heteroatoms. The Morgan fingerprint density at radius 2 is 2.21 bits per heavy atom. The zero-order valence-corrected chi connectivity index (χ0v) is 10.3.